The number of terminal acetylenes is 1. The van der Waals surface area contributed by atoms with Gasteiger partial charge in [-0.05, 0) is 184 Å². The summed E-state index contributed by atoms with van der Waals surface area (Å²) in [6, 6.07) is 24.9. The van der Waals surface area contributed by atoms with Crippen molar-refractivity contribution in [2.24, 2.45) is 28.6 Å². The summed E-state index contributed by atoms with van der Waals surface area (Å²) in [6.45, 7) is 12.8. The smallest absolute Gasteiger partial charge is 0.344 e. The number of hydrogen-bond acceptors (Lipinski definition) is 17. The molecule has 6 aliphatic heterocycles. The number of para-hydroxylation sites is 1. The third-order valence-corrected chi connectivity index (χ3v) is 26.5. The van der Waals surface area contributed by atoms with Gasteiger partial charge in [0.2, 0.25) is 17.4 Å². The molecule has 2 bridgehead atoms. The van der Waals surface area contributed by atoms with E-state index in [2.05, 4.69) is 75.4 Å². The number of imide groups is 1. The number of carbonyl (C=O) groups is 5. The molecular weight excluding hydrogens is 1250 g/mol. The molecule has 10 aliphatic rings. The summed E-state index contributed by atoms with van der Waals surface area (Å²) >= 11 is 0. The quantitative estimate of drug-likeness (QED) is 0.0190. The van der Waals surface area contributed by atoms with E-state index in [0.29, 0.717) is 125 Å². The number of esters is 3. The van der Waals surface area contributed by atoms with Crippen LogP contribution < -0.4 is 25.4 Å². The maximum absolute atomic E-state index is 15.3. The van der Waals surface area contributed by atoms with Gasteiger partial charge in [0, 0.05) is 108 Å². The summed E-state index contributed by atoms with van der Waals surface area (Å²) in [4.78, 5) is 76.5. The Bertz CT molecular complexity index is 4090. The summed E-state index contributed by atoms with van der Waals surface area (Å²) in [7, 11) is 7.89. The lowest BCUT2D eigenvalue weighted by molar-refractivity contribution is -0.228. The standard InChI is InChI=1S/C46H58N4O9.C21H26O2.C13H16N2O2/c1-8-42(54)23-28-24-45(40(52)57-6,36-30(15-19-49(25-28)26-42)29-13-10-11-14-33(29)47-36)32-21-31-34(22-35(32)56-5)48(4)38-44(31)17-20-50-18-12-16-43(9-2,37(44)50)39(59-27(3)51)46(38,55)41(53)58-7;1-4-21(22)12-10-19-18-7-5-14-13-15(23-3)6-8-16(14)17(18)9-11-20(19,21)2;1-2-13(8-7-11(16)15-12(13)17)9-3-5-10(14)6-4-9/h10-14,16,21-22,28,37-39,47,54-55H,8-9,15,17-20,23-26H2,1-7H3;1,6,8,13,17-19,22H,5,7,9-12H2,2-3H3;3-6H,2,7-8,14H2,1H3,(H,15,16,17)/t28-,37-,38+,39+,42-,43+,44+,45-,46-;17-,18-,19+,20+,21+;/m01./s1. The molecule has 4 aliphatic carbocycles. The third kappa shape index (κ3) is 10.5. The summed E-state index contributed by atoms with van der Waals surface area (Å²) in [5, 5.41) is 39.7. The van der Waals surface area contributed by atoms with Gasteiger partial charge in [-0.25, -0.2) is 4.79 Å². The molecule has 1 aromatic heterocycles. The van der Waals surface area contributed by atoms with Gasteiger partial charge in [0.15, 0.2) is 6.10 Å². The van der Waals surface area contributed by atoms with E-state index in [4.69, 9.17) is 35.8 Å². The fraction of sp³-hybridized carbons (Fsp3) is 0.562. The highest BCUT2D eigenvalue weighted by Gasteiger charge is 2.80. The summed E-state index contributed by atoms with van der Waals surface area (Å²) in [5.41, 5.74) is 7.01. The number of nitrogen functional groups attached to an aromatic ring is 1. The van der Waals surface area contributed by atoms with Crippen LogP contribution in [-0.2, 0) is 67.3 Å². The van der Waals surface area contributed by atoms with E-state index in [-0.39, 0.29) is 29.2 Å². The molecule has 4 aromatic carbocycles. The summed E-state index contributed by atoms with van der Waals surface area (Å²) in [6.07, 6.45) is 19.7. The molecular formula is C80H100N6O13. The van der Waals surface area contributed by atoms with E-state index in [1.165, 1.54) is 38.7 Å². The van der Waals surface area contributed by atoms with Gasteiger partial charge in [-0.3, -0.25) is 34.3 Å². The number of nitrogens with two attached hydrogens (primary N) is 1. The highest BCUT2D eigenvalue weighted by atomic mass is 16.6. The fourth-order valence-electron chi connectivity index (χ4n) is 21.8. The fourth-order valence-corrected chi connectivity index (χ4v) is 21.8. The van der Waals surface area contributed by atoms with E-state index in [1.54, 1.807) is 26.4 Å². The van der Waals surface area contributed by atoms with Crippen LogP contribution >= 0.6 is 0 Å². The molecule has 3 saturated heterocycles. The van der Waals surface area contributed by atoms with Gasteiger partial charge in [0.1, 0.15) is 22.5 Å². The first-order valence-corrected chi connectivity index (χ1v) is 35.9. The van der Waals surface area contributed by atoms with Crippen molar-refractivity contribution in [3.63, 3.8) is 0 Å². The molecule has 19 nitrogen and oxygen atoms in total. The van der Waals surface area contributed by atoms with Crippen molar-refractivity contribution in [1.29, 1.82) is 0 Å². The number of likely N-dealkylation sites (N-methyl/N-ethyl adjacent to an activating group) is 1. The van der Waals surface area contributed by atoms with Crippen LogP contribution in [0.2, 0.25) is 0 Å². The van der Waals surface area contributed by atoms with Gasteiger partial charge >= 0.3 is 17.9 Å². The highest BCUT2D eigenvalue weighted by Crippen LogP contribution is 2.69. The second-order valence-corrected chi connectivity index (χ2v) is 30.6. The van der Waals surface area contributed by atoms with E-state index < -0.39 is 68.5 Å². The van der Waals surface area contributed by atoms with Crippen LogP contribution in [0, 0.1) is 40.9 Å². The molecule has 16 atom stereocenters. The maximum atomic E-state index is 15.3. The molecule has 19 heteroatoms. The van der Waals surface area contributed by atoms with Gasteiger partial charge in [0.05, 0.1) is 45.5 Å². The monoisotopic (exact) mass is 1350 g/mol. The number of benzene rings is 4. The number of hydrogen-bond donors (Lipinski definition) is 6. The van der Waals surface area contributed by atoms with Crippen molar-refractivity contribution in [1.82, 2.24) is 20.1 Å². The minimum atomic E-state index is -2.30. The molecule has 528 valence electrons. The molecule has 2 unspecified atom stereocenters. The molecule has 3 saturated carbocycles. The molecule has 5 aromatic rings. The predicted molar refractivity (Wildman–Crippen MR) is 377 cm³/mol. The van der Waals surface area contributed by atoms with E-state index in [1.807, 2.05) is 69.1 Å². The number of nitrogens with one attached hydrogen (secondary N) is 2. The van der Waals surface area contributed by atoms with Crippen LogP contribution in [0.1, 0.15) is 163 Å². The molecule has 99 heavy (non-hydrogen) atoms. The average molecular weight is 1350 g/mol. The Labute approximate surface area is 581 Å². The van der Waals surface area contributed by atoms with Crippen molar-refractivity contribution in [2.45, 2.75) is 188 Å². The number of carbonyl (C=O) groups excluding carboxylic acids is 5. The molecule has 0 radical (unpaired) electrons. The number of ether oxygens (including phenoxy) is 5. The van der Waals surface area contributed by atoms with Crippen molar-refractivity contribution in [3.8, 4) is 23.8 Å². The summed E-state index contributed by atoms with van der Waals surface area (Å²) in [5.74, 6) is 3.62. The highest BCUT2D eigenvalue weighted by molar-refractivity contribution is 6.03. The molecule has 15 rings (SSSR count). The van der Waals surface area contributed by atoms with Crippen LogP contribution in [0.5, 0.6) is 11.5 Å². The number of H-pyrrole nitrogens is 1. The van der Waals surface area contributed by atoms with Gasteiger partial charge in [-0.2, -0.15) is 0 Å². The Kier molecular flexibility index (Phi) is 18.1. The Morgan fingerprint density at radius 1 is 0.798 bits per heavy atom. The number of methoxy groups -OCH3 is 4. The predicted octanol–water partition coefficient (Wildman–Crippen LogP) is 9.26. The Morgan fingerprint density at radius 2 is 1.56 bits per heavy atom. The number of fused-ring (bicyclic) bond motifs is 11. The normalized spacial score (nSPS) is 35.9. The van der Waals surface area contributed by atoms with Gasteiger partial charge < -0.3 is 54.6 Å². The Balaban J connectivity index is 0.000000177. The zero-order chi connectivity index (χ0) is 70.6. The number of aryl methyl sites for hydroxylation is 1. The minimum Gasteiger partial charge on any atom is -0.497 e. The average Bonchev–Trinajstić information content (AvgIpc) is 1.53. The number of aromatic amines is 1. The first-order valence-electron chi connectivity index (χ1n) is 35.9. The zero-order valence-electron chi connectivity index (χ0n) is 59.3. The number of piperidine rings is 2. The lowest BCUT2D eigenvalue weighted by Gasteiger charge is -2.63. The second kappa shape index (κ2) is 25.7. The summed E-state index contributed by atoms with van der Waals surface area (Å²) < 4.78 is 29.3. The second-order valence-electron chi connectivity index (χ2n) is 30.6. The van der Waals surface area contributed by atoms with Gasteiger partial charge in [0.25, 0.3) is 0 Å². The lowest BCUT2D eigenvalue weighted by atomic mass is 9.47. The molecule has 1 spiro atoms. The molecule has 2 amide bonds. The van der Waals surface area contributed by atoms with Crippen LogP contribution in [0.15, 0.2) is 91.0 Å². The van der Waals surface area contributed by atoms with Crippen molar-refractivity contribution >= 4 is 52.0 Å². The zero-order valence-corrected chi connectivity index (χ0v) is 59.3. The van der Waals surface area contributed by atoms with E-state index in [9.17, 15) is 34.5 Å². The number of anilines is 2. The molecule has 7 heterocycles. The van der Waals surface area contributed by atoms with Crippen molar-refractivity contribution < 1.29 is 63.0 Å². The van der Waals surface area contributed by atoms with Crippen LogP contribution in [0.3, 0.4) is 0 Å². The number of nitrogens with zero attached hydrogens (tertiary/aromatic N) is 3. The number of amides is 2. The molecule has 6 fully saturated rings. The van der Waals surface area contributed by atoms with Crippen LogP contribution in [0.25, 0.3) is 10.9 Å². The van der Waals surface area contributed by atoms with Gasteiger partial charge in [-0.1, -0.05) is 82.2 Å². The molecule has 7 N–H and O–H groups in total. The van der Waals surface area contributed by atoms with E-state index in [0.717, 1.165) is 76.8 Å². The van der Waals surface area contributed by atoms with Crippen molar-refractivity contribution in [2.75, 3.05) is 78.8 Å². The SMILES string of the molecule is C#C[C@]1(O)CC[C@H]2[C@@H]3CCc4cc(OC)ccc4[C@H]3CC[C@@]21C.CCC1(c2ccc(N)cc2)CCC(=O)NC1=O.CC[C@]1(O)C[C@@H]2CN(CCc3c([nH]c4ccccc34)[C@@](C(=O)OC)(c3cc4c(cc3OC)N(C)[C@H]3[C@@](O)(C(=O)OC)[C@H](OC(C)=O)[C@]5(CC)C=CCN6CC[C@]43[C@@H]65)C2)C1. The number of aliphatic hydroxyl groups is 3. The number of aromatic nitrogens is 1. The van der Waals surface area contributed by atoms with Crippen molar-refractivity contribution in [3.05, 3.63) is 130 Å². The topological polar surface area (TPSA) is 256 Å². The minimum absolute atomic E-state index is 0.0986. The Morgan fingerprint density at radius 3 is 2.23 bits per heavy atom. The maximum Gasteiger partial charge on any atom is 0.344 e. The number of rotatable bonds is 10. The first-order chi connectivity index (χ1) is 47.3. The van der Waals surface area contributed by atoms with Crippen LogP contribution in [-0.4, -0.2) is 163 Å². The first kappa shape index (κ1) is 69.7. The third-order valence-electron chi connectivity index (χ3n) is 26.5. The Hall–Kier alpha value is -7.73. The largest absolute Gasteiger partial charge is 0.497 e. The van der Waals surface area contributed by atoms with E-state index >= 15 is 4.79 Å². The van der Waals surface area contributed by atoms with Gasteiger partial charge in [-0.15, -0.1) is 6.42 Å². The lowest BCUT2D eigenvalue weighted by Crippen LogP contribution is -2.81. The van der Waals surface area contributed by atoms with Crippen LogP contribution in [0.4, 0.5) is 11.4 Å².